The van der Waals surface area contributed by atoms with Gasteiger partial charge in [0, 0.05) is 11.4 Å². The van der Waals surface area contributed by atoms with Gasteiger partial charge >= 0.3 is 5.97 Å². The summed E-state index contributed by atoms with van der Waals surface area (Å²) >= 11 is 6.62. The highest BCUT2D eigenvalue weighted by Crippen LogP contribution is 2.22. The smallest absolute Gasteiger partial charge is 0.321 e. The van der Waals surface area contributed by atoms with E-state index in [9.17, 15) is 4.79 Å². The van der Waals surface area contributed by atoms with Gasteiger partial charge in [-0.15, -0.1) is 0 Å². The molecule has 0 aromatic carbocycles. The Hall–Kier alpha value is 0.390. The number of aliphatic carboxylic acids is 1. The van der Waals surface area contributed by atoms with Crippen LogP contribution in [0, 0.1) is 0 Å². The van der Waals surface area contributed by atoms with Gasteiger partial charge in [0.05, 0.1) is 4.83 Å². The highest BCUT2D eigenvalue weighted by molar-refractivity contribution is 9.12. The molecular weight excluding hydrogens is 266 g/mol. The number of carbonyl (C=O) groups is 1. The monoisotopic (exact) mass is 271 g/mol. The van der Waals surface area contributed by atoms with Crippen LogP contribution in [0.25, 0.3) is 0 Å². The molecule has 2 N–H and O–H groups in total. The lowest BCUT2D eigenvalue weighted by Crippen LogP contribution is -2.36. The van der Waals surface area contributed by atoms with Gasteiger partial charge in [0.1, 0.15) is 6.04 Å². The number of alkyl halides is 2. The van der Waals surface area contributed by atoms with Crippen LogP contribution < -0.4 is 5.32 Å². The van der Waals surface area contributed by atoms with Gasteiger partial charge in [-0.1, -0.05) is 31.9 Å². The van der Waals surface area contributed by atoms with E-state index in [1.807, 2.05) is 0 Å². The molecule has 0 saturated carbocycles. The zero-order valence-corrected chi connectivity index (χ0v) is 8.22. The second-order valence-corrected chi connectivity index (χ2v) is 4.42. The summed E-state index contributed by atoms with van der Waals surface area (Å²) in [5, 5.41) is 11.5. The summed E-state index contributed by atoms with van der Waals surface area (Å²) in [7, 11) is 0. The Kier molecular flexibility index (Phi) is 2.71. The van der Waals surface area contributed by atoms with Gasteiger partial charge in [0.25, 0.3) is 0 Å². The summed E-state index contributed by atoms with van der Waals surface area (Å²) in [6, 6.07) is -0.454. The van der Waals surface area contributed by atoms with E-state index in [2.05, 4.69) is 37.2 Å². The van der Waals surface area contributed by atoms with Crippen LogP contribution >= 0.6 is 31.9 Å². The lowest BCUT2D eigenvalue weighted by Gasteiger charge is -2.08. The first-order chi connectivity index (χ1) is 4.63. The molecule has 2 unspecified atom stereocenters. The van der Waals surface area contributed by atoms with Gasteiger partial charge in [-0.3, -0.25) is 4.79 Å². The van der Waals surface area contributed by atoms with Crippen molar-refractivity contribution in [1.29, 1.82) is 0 Å². The van der Waals surface area contributed by atoms with Crippen LogP contribution in [-0.4, -0.2) is 33.3 Å². The fourth-order valence-electron chi connectivity index (χ4n) is 0.897. The first-order valence-electron chi connectivity index (χ1n) is 2.87. The van der Waals surface area contributed by atoms with Gasteiger partial charge in [-0.05, 0) is 0 Å². The van der Waals surface area contributed by atoms with E-state index in [0.29, 0.717) is 6.54 Å². The van der Waals surface area contributed by atoms with Crippen molar-refractivity contribution in [2.45, 2.75) is 15.7 Å². The third-order valence-corrected chi connectivity index (χ3v) is 4.23. The van der Waals surface area contributed by atoms with E-state index in [4.69, 9.17) is 5.11 Å². The maximum atomic E-state index is 10.4. The van der Waals surface area contributed by atoms with Crippen molar-refractivity contribution in [3.63, 3.8) is 0 Å². The molecule has 0 amide bonds. The maximum absolute atomic E-state index is 10.4. The van der Waals surface area contributed by atoms with E-state index in [1.165, 1.54) is 0 Å². The Labute approximate surface area is 75.4 Å². The van der Waals surface area contributed by atoms with Gasteiger partial charge in [0.2, 0.25) is 0 Å². The molecule has 1 aliphatic heterocycles. The van der Waals surface area contributed by atoms with Crippen LogP contribution in [0.15, 0.2) is 0 Å². The number of hydrogen-bond acceptors (Lipinski definition) is 2. The minimum Gasteiger partial charge on any atom is -0.480 e. The molecule has 1 fully saturated rings. The zero-order valence-electron chi connectivity index (χ0n) is 5.05. The van der Waals surface area contributed by atoms with Crippen molar-refractivity contribution in [1.82, 2.24) is 5.32 Å². The fourth-order valence-corrected chi connectivity index (χ4v) is 1.99. The van der Waals surface area contributed by atoms with Crippen molar-refractivity contribution in [2.75, 3.05) is 6.54 Å². The second-order valence-electron chi connectivity index (χ2n) is 2.18. The molecule has 1 aliphatic rings. The molecule has 3 nitrogen and oxygen atoms in total. The average Bonchev–Trinajstić information content (AvgIpc) is 2.14. The number of rotatable bonds is 1. The Balaban J connectivity index is 2.57. The first kappa shape index (κ1) is 8.49. The molecule has 0 aromatic heterocycles. The summed E-state index contributed by atoms with van der Waals surface area (Å²) in [5.41, 5.74) is 0. The topological polar surface area (TPSA) is 49.3 Å². The van der Waals surface area contributed by atoms with Gasteiger partial charge in [-0.25, -0.2) is 0 Å². The van der Waals surface area contributed by atoms with Crippen LogP contribution in [0.3, 0.4) is 0 Å². The van der Waals surface area contributed by atoms with Crippen LogP contribution in [0.1, 0.15) is 0 Å². The summed E-state index contributed by atoms with van der Waals surface area (Å²) in [6.07, 6.45) is 0. The van der Waals surface area contributed by atoms with Gasteiger partial charge < -0.3 is 10.4 Å². The summed E-state index contributed by atoms with van der Waals surface area (Å²) in [6.45, 7) is 0.701. The first-order valence-corrected chi connectivity index (χ1v) is 4.70. The normalized spacial score (nSPS) is 40.0. The van der Waals surface area contributed by atoms with Gasteiger partial charge in [0.15, 0.2) is 0 Å². The highest BCUT2D eigenvalue weighted by Gasteiger charge is 2.36. The second kappa shape index (κ2) is 3.19. The zero-order chi connectivity index (χ0) is 7.72. The minimum absolute atomic E-state index is 0.00926. The quantitative estimate of drug-likeness (QED) is 0.687. The van der Waals surface area contributed by atoms with Gasteiger partial charge in [-0.2, -0.15) is 0 Å². The predicted octanol–water partition coefficient (Wildman–Crippen LogP) is 0.570. The lowest BCUT2D eigenvalue weighted by molar-refractivity contribution is -0.138. The van der Waals surface area contributed by atoms with Crippen molar-refractivity contribution in [3.05, 3.63) is 0 Å². The molecule has 3 atom stereocenters. The molecule has 5 heteroatoms. The van der Waals surface area contributed by atoms with E-state index < -0.39 is 12.0 Å². The molecule has 1 rings (SSSR count). The Morgan fingerprint density at radius 3 is 2.40 bits per heavy atom. The molecular formula is C5H7Br2NO2. The largest absolute Gasteiger partial charge is 0.480 e. The van der Waals surface area contributed by atoms with Crippen molar-refractivity contribution in [2.24, 2.45) is 0 Å². The highest BCUT2D eigenvalue weighted by atomic mass is 79.9. The molecule has 0 radical (unpaired) electrons. The van der Waals surface area contributed by atoms with Crippen LogP contribution in [0.4, 0.5) is 0 Å². The van der Waals surface area contributed by atoms with E-state index in [1.54, 1.807) is 0 Å². The Morgan fingerprint density at radius 1 is 1.60 bits per heavy atom. The number of carboxylic acids is 1. The lowest BCUT2D eigenvalue weighted by atomic mass is 10.2. The summed E-state index contributed by atoms with van der Waals surface area (Å²) < 4.78 is 0. The van der Waals surface area contributed by atoms with Crippen LogP contribution in [0.2, 0.25) is 0 Å². The third kappa shape index (κ3) is 1.52. The fraction of sp³-hybridized carbons (Fsp3) is 0.800. The number of carboxylic acid groups (broad SMARTS) is 1. The molecule has 0 bridgehead atoms. The molecule has 58 valence electrons. The van der Waals surface area contributed by atoms with Crippen molar-refractivity contribution in [3.8, 4) is 0 Å². The molecule has 1 heterocycles. The van der Waals surface area contributed by atoms with Crippen molar-refractivity contribution < 1.29 is 9.90 Å². The Morgan fingerprint density at radius 2 is 2.20 bits per heavy atom. The van der Waals surface area contributed by atoms with Crippen LogP contribution in [0.5, 0.6) is 0 Å². The molecule has 0 spiro atoms. The van der Waals surface area contributed by atoms with E-state index in [0.717, 1.165) is 0 Å². The Bertz CT molecular complexity index is 153. The summed E-state index contributed by atoms with van der Waals surface area (Å²) in [4.78, 5) is 10.7. The van der Waals surface area contributed by atoms with Crippen LogP contribution in [-0.2, 0) is 4.79 Å². The number of nitrogens with one attached hydrogen (secondary N) is 1. The SMILES string of the molecule is O=C(O)[C@H]1NCC(Br)C1Br. The van der Waals surface area contributed by atoms with E-state index >= 15 is 0 Å². The average molecular weight is 273 g/mol. The maximum Gasteiger partial charge on any atom is 0.321 e. The molecule has 1 saturated heterocycles. The minimum atomic E-state index is -0.802. The third-order valence-electron chi connectivity index (χ3n) is 1.46. The standard InChI is InChI=1S/C5H7Br2NO2/c6-2-1-8-4(3(2)7)5(9)10/h2-4,8H,1H2,(H,9,10)/t2?,3?,4-/m0/s1. The van der Waals surface area contributed by atoms with Crippen molar-refractivity contribution >= 4 is 37.8 Å². The van der Waals surface area contributed by atoms with E-state index in [-0.39, 0.29) is 9.65 Å². The molecule has 10 heavy (non-hydrogen) atoms. The number of halogens is 2. The molecule has 0 aliphatic carbocycles. The molecule has 0 aromatic rings. The summed E-state index contributed by atoms with van der Waals surface area (Å²) in [5.74, 6) is -0.802. The number of hydrogen-bond donors (Lipinski definition) is 2. The predicted molar refractivity (Wildman–Crippen MR) is 44.9 cm³/mol.